The lowest BCUT2D eigenvalue weighted by molar-refractivity contribution is 0.509. The lowest BCUT2D eigenvalue weighted by Gasteiger charge is -2.03. The molecule has 0 spiro atoms. The zero-order valence-corrected chi connectivity index (χ0v) is 9.51. The van der Waals surface area contributed by atoms with E-state index in [0.717, 1.165) is 40.0 Å². The molecule has 0 aliphatic carbocycles. The Kier molecular flexibility index (Phi) is 3.54. The van der Waals surface area contributed by atoms with Gasteiger partial charge < -0.3 is 0 Å². The van der Waals surface area contributed by atoms with Gasteiger partial charge in [-0.3, -0.25) is 4.79 Å². The summed E-state index contributed by atoms with van der Waals surface area (Å²) in [5.41, 5.74) is 2.12. The topological polar surface area (TPSA) is 17.1 Å². The van der Waals surface area contributed by atoms with Crippen LogP contribution in [0.25, 0.3) is 11.1 Å². The van der Waals surface area contributed by atoms with Crippen LogP contribution in [0.1, 0.15) is 0 Å². The van der Waals surface area contributed by atoms with E-state index in [2.05, 4.69) is 0 Å². The number of carbonyl (C=O) groups excluding carboxylic acids is 1. The summed E-state index contributed by atoms with van der Waals surface area (Å²) in [6.07, 6.45) is 0. The number of halogens is 2. The van der Waals surface area contributed by atoms with E-state index in [9.17, 15) is 13.6 Å². The second-order valence-electron chi connectivity index (χ2n) is 3.37. The molecule has 0 saturated heterocycles. The van der Waals surface area contributed by atoms with Gasteiger partial charge in [0.15, 0.2) is 17.3 Å². The van der Waals surface area contributed by atoms with E-state index in [-0.39, 0.29) is 0 Å². The molecule has 0 radical (unpaired) electrons. The number of benzene rings is 2. The van der Waals surface area contributed by atoms with Gasteiger partial charge >= 0.3 is 0 Å². The van der Waals surface area contributed by atoms with Gasteiger partial charge in [-0.05, 0) is 35.4 Å². The molecule has 0 aliphatic rings. The van der Waals surface area contributed by atoms with Gasteiger partial charge in [0, 0.05) is 4.90 Å². The summed E-state index contributed by atoms with van der Waals surface area (Å²) in [6.45, 7) is 0. The highest BCUT2D eigenvalue weighted by molar-refractivity contribution is 8.11. The standard InChI is InChI=1S/C13H8F2OS/c14-12-6-3-10(7-13(12)15)9-1-4-11(5-2-9)17-8-16/h1-8H. The van der Waals surface area contributed by atoms with Crippen LogP contribution < -0.4 is 0 Å². The molecular formula is C13H8F2OS. The number of hydrogen-bond donors (Lipinski definition) is 0. The van der Waals surface area contributed by atoms with Crippen molar-refractivity contribution >= 4 is 17.4 Å². The Hall–Kier alpha value is -1.68. The third kappa shape index (κ3) is 2.71. The van der Waals surface area contributed by atoms with E-state index >= 15 is 0 Å². The Morgan fingerprint density at radius 3 is 2.12 bits per heavy atom. The molecule has 2 aromatic rings. The van der Waals surface area contributed by atoms with E-state index in [1.54, 1.807) is 24.3 Å². The molecule has 0 atom stereocenters. The molecule has 0 N–H and O–H groups in total. The highest BCUT2D eigenvalue weighted by Crippen LogP contribution is 2.24. The minimum absolute atomic E-state index is 0.603. The summed E-state index contributed by atoms with van der Waals surface area (Å²) in [6, 6.07) is 10.8. The van der Waals surface area contributed by atoms with Gasteiger partial charge in [0.1, 0.15) is 0 Å². The van der Waals surface area contributed by atoms with Crippen LogP contribution in [0.5, 0.6) is 0 Å². The molecule has 86 valence electrons. The Balaban J connectivity index is 2.32. The van der Waals surface area contributed by atoms with Gasteiger partial charge in [-0.25, -0.2) is 8.78 Å². The molecule has 0 aliphatic heterocycles. The maximum atomic E-state index is 13.0. The first-order chi connectivity index (χ1) is 8.20. The fraction of sp³-hybridized carbons (Fsp3) is 0. The van der Waals surface area contributed by atoms with Crippen molar-refractivity contribution in [2.24, 2.45) is 0 Å². The second kappa shape index (κ2) is 5.10. The Morgan fingerprint density at radius 2 is 1.53 bits per heavy atom. The van der Waals surface area contributed by atoms with Crippen LogP contribution in [-0.2, 0) is 4.79 Å². The first kappa shape index (κ1) is 11.8. The third-order valence-corrected chi connectivity index (χ3v) is 2.93. The Bertz CT molecular complexity index is 538. The van der Waals surface area contributed by atoms with Crippen LogP contribution in [0.4, 0.5) is 8.78 Å². The van der Waals surface area contributed by atoms with E-state index in [0.29, 0.717) is 5.56 Å². The Morgan fingerprint density at radius 1 is 0.882 bits per heavy atom. The normalized spacial score (nSPS) is 10.2. The van der Waals surface area contributed by atoms with Crippen molar-refractivity contribution in [1.29, 1.82) is 0 Å². The molecule has 0 unspecified atom stereocenters. The minimum Gasteiger partial charge on any atom is -0.291 e. The summed E-state index contributed by atoms with van der Waals surface area (Å²) >= 11 is 1.07. The molecule has 2 aromatic carbocycles. The smallest absolute Gasteiger partial charge is 0.180 e. The van der Waals surface area contributed by atoms with Gasteiger partial charge in [0.2, 0.25) is 0 Å². The maximum Gasteiger partial charge on any atom is 0.180 e. The first-order valence-corrected chi connectivity index (χ1v) is 5.74. The average Bonchev–Trinajstić information content (AvgIpc) is 2.34. The van der Waals surface area contributed by atoms with Crippen molar-refractivity contribution in [2.75, 3.05) is 0 Å². The minimum atomic E-state index is -0.867. The first-order valence-electron chi connectivity index (χ1n) is 4.86. The molecule has 2 rings (SSSR count). The monoisotopic (exact) mass is 250 g/mol. The van der Waals surface area contributed by atoms with Gasteiger partial charge in [0.25, 0.3) is 0 Å². The fourth-order valence-corrected chi connectivity index (χ4v) is 1.86. The lowest BCUT2D eigenvalue weighted by Crippen LogP contribution is -1.85. The third-order valence-electron chi connectivity index (χ3n) is 2.29. The van der Waals surface area contributed by atoms with Crippen molar-refractivity contribution in [3.8, 4) is 11.1 Å². The van der Waals surface area contributed by atoms with Crippen LogP contribution in [0.2, 0.25) is 0 Å². The van der Waals surface area contributed by atoms with Crippen LogP contribution in [0.3, 0.4) is 0 Å². The molecule has 0 saturated carbocycles. The summed E-state index contributed by atoms with van der Waals surface area (Å²) in [5.74, 6) is -1.73. The van der Waals surface area contributed by atoms with Crippen molar-refractivity contribution in [3.63, 3.8) is 0 Å². The zero-order chi connectivity index (χ0) is 12.3. The summed E-state index contributed by atoms with van der Waals surface area (Å²) in [7, 11) is 0. The van der Waals surface area contributed by atoms with Crippen LogP contribution in [0.15, 0.2) is 47.4 Å². The van der Waals surface area contributed by atoms with Gasteiger partial charge in [-0.2, -0.15) is 0 Å². The summed E-state index contributed by atoms with van der Waals surface area (Å²) in [4.78, 5) is 11.1. The van der Waals surface area contributed by atoms with Crippen molar-refractivity contribution < 1.29 is 13.6 Å². The Labute approximate surface area is 101 Å². The highest BCUT2D eigenvalue weighted by atomic mass is 32.2. The molecule has 0 aromatic heterocycles. The predicted molar refractivity (Wildman–Crippen MR) is 64.4 cm³/mol. The SMILES string of the molecule is O=CSc1ccc(-c2ccc(F)c(F)c2)cc1. The average molecular weight is 250 g/mol. The zero-order valence-electron chi connectivity index (χ0n) is 8.69. The quantitative estimate of drug-likeness (QED) is 0.606. The molecule has 0 bridgehead atoms. The molecular weight excluding hydrogens is 242 g/mol. The number of rotatable bonds is 3. The van der Waals surface area contributed by atoms with E-state index in [1.807, 2.05) is 0 Å². The van der Waals surface area contributed by atoms with Crippen LogP contribution >= 0.6 is 11.8 Å². The van der Waals surface area contributed by atoms with Crippen molar-refractivity contribution in [2.45, 2.75) is 4.90 Å². The number of hydrogen-bond acceptors (Lipinski definition) is 2. The van der Waals surface area contributed by atoms with E-state index in [4.69, 9.17) is 0 Å². The highest BCUT2D eigenvalue weighted by Gasteiger charge is 2.04. The molecule has 0 amide bonds. The van der Waals surface area contributed by atoms with Crippen molar-refractivity contribution in [1.82, 2.24) is 0 Å². The number of carbonyl (C=O) groups is 1. The summed E-state index contributed by atoms with van der Waals surface area (Å²) in [5, 5.41) is 0. The molecule has 17 heavy (non-hydrogen) atoms. The molecule has 4 heteroatoms. The van der Waals surface area contributed by atoms with E-state index < -0.39 is 11.6 Å². The largest absolute Gasteiger partial charge is 0.291 e. The lowest BCUT2D eigenvalue weighted by atomic mass is 10.1. The van der Waals surface area contributed by atoms with Crippen LogP contribution in [0, 0.1) is 11.6 Å². The molecule has 0 fully saturated rings. The van der Waals surface area contributed by atoms with Crippen LogP contribution in [-0.4, -0.2) is 5.62 Å². The maximum absolute atomic E-state index is 13.0. The fourth-order valence-electron chi connectivity index (χ4n) is 1.46. The van der Waals surface area contributed by atoms with Gasteiger partial charge in [0.05, 0.1) is 0 Å². The summed E-state index contributed by atoms with van der Waals surface area (Å²) < 4.78 is 25.8. The second-order valence-corrected chi connectivity index (χ2v) is 4.27. The van der Waals surface area contributed by atoms with Gasteiger partial charge in [-0.1, -0.05) is 30.0 Å². The molecule has 0 heterocycles. The predicted octanol–water partition coefficient (Wildman–Crippen LogP) is 3.91. The number of thioether (sulfide) groups is 1. The van der Waals surface area contributed by atoms with E-state index in [1.165, 1.54) is 6.07 Å². The van der Waals surface area contributed by atoms with Crippen molar-refractivity contribution in [3.05, 3.63) is 54.1 Å². The van der Waals surface area contributed by atoms with Gasteiger partial charge in [-0.15, -0.1) is 0 Å². The molecule has 1 nitrogen and oxygen atoms in total.